The van der Waals surface area contributed by atoms with Crippen LogP contribution >= 0.6 is 0 Å². The molecule has 1 aromatic heterocycles. The van der Waals surface area contributed by atoms with Gasteiger partial charge in [-0.2, -0.15) is 4.98 Å². The highest BCUT2D eigenvalue weighted by molar-refractivity contribution is 5.61. The van der Waals surface area contributed by atoms with Gasteiger partial charge in [-0.15, -0.1) is 0 Å². The summed E-state index contributed by atoms with van der Waals surface area (Å²) >= 11 is 0. The molecule has 0 amide bonds. The average Bonchev–Trinajstić information content (AvgIpc) is 3.08. The number of nitrogens with one attached hydrogen (secondary N) is 3. The van der Waals surface area contributed by atoms with Crippen LogP contribution in [0, 0.1) is 5.82 Å². The Balaban J connectivity index is 1.53. The molecule has 132 valence electrons. The largest absolute Gasteiger partial charge is 0.475 e. The molecule has 0 bridgehead atoms. The predicted molar refractivity (Wildman–Crippen MR) is 98.6 cm³/mol. The molecule has 2 heterocycles. The molecule has 0 radical (unpaired) electrons. The highest BCUT2D eigenvalue weighted by Crippen LogP contribution is 2.31. The second-order valence-corrected chi connectivity index (χ2v) is 5.93. The third-order valence-corrected chi connectivity index (χ3v) is 4.09. The lowest BCUT2D eigenvalue weighted by molar-refractivity contribution is 0.203. The van der Waals surface area contributed by atoms with Gasteiger partial charge in [-0.25, -0.2) is 9.37 Å². The van der Waals surface area contributed by atoms with Gasteiger partial charge in [-0.1, -0.05) is 18.2 Å². The van der Waals surface area contributed by atoms with E-state index in [4.69, 9.17) is 4.74 Å². The van der Waals surface area contributed by atoms with Crippen molar-refractivity contribution in [1.82, 2.24) is 15.3 Å². The third-order valence-electron chi connectivity index (χ3n) is 4.09. The monoisotopic (exact) mass is 351 g/mol. The Hall–Kier alpha value is -3.19. The van der Waals surface area contributed by atoms with E-state index in [1.165, 1.54) is 0 Å². The standard InChI is InChI=1S/C19H18FN5O/c1-21-17-10-12-9-14(7-8-16(12)26-17)24-19-22-11-15(20)18(25-19)23-13-5-3-2-4-6-13/h2-9,11,17,21H,10H2,1H3,(H2,22,23,24,25). The van der Waals surface area contributed by atoms with E-state index < -0.39 is 5.82 Å². The van der Waals surface area contributed by atoms with Gasteiger partial charge < -0.3 is 15.4 Å². The number of anilines is 4. The summed E-state index contributed by atoms with van der Waals surface area (Å²) in [6.07, 6.45) is 1.92. The van der Waals surface area contributed by atoms with Crippen LogP contribution in [0.25, 0.3) is 0 Å². The van der Waals surface area contributed by atoms with E-state index in [2.05, 4.69) is 25.9 Å². The predicted octanol–water partition coefficient (Wildman–Crippen LogP) is 3.58. The minimum atomic E-state index is -0.515. The molecule has 2 aromatic carbocycles. The summed E-state index contributed by atoms with van der Waals surface area (Å²) in [7, 11) is 1.86. The number of halogens is 1. The summed E-state index contributed by atoms with van der Waals surface area (Å²) in [4.78, 5) is 8.26. The van der Waals surface area contributed by atoms with Gasteiger partial charge in [-0.3, -0.25) is 5.32 Å². The summed E-state index contributed by atoms with van der Waals surface area (Å²) < 4.78 is 19.8. The van der Waals surface area contributed by atoms with Crippen LogP contribution in [0.3, 0.4) is 0 Å². The van der Waals surface area contributed by atoms with E-state index in [0.717, 1.165) is 35.3 Å². The SMILES string of the molecule is CNC1Cc2cc(Nc3ncc(F)c(Nc4ccccc4)n3)ccc2O1. The minimum absolute atomic E-state index is 0.0102. The van der Waals surface area contributed by atoms with Gasteiger partial charge in [-0.05, 0) is 37.4 Å². The number of fused-ring (bicyclic) bond motifs is 1. The van der Waals surface area contributed by atoms with E-state index in [1.807, 2.05) is 55.6 Å². The molecule has 1 unspecified atom stereocenters. The van der Waals surface area contributed by atoms with Crippen LogP contribution in [0.4, 0.5) is 27.5 Å². The Morgan fingerprint density at radius 3 is 2.73 bits per heavy atom. The van der Waals surface area contributed by atoms with Crippen molar-refractivity contribution in [3.05, 3.63) is 66.1 Å². The Morgan fingerprint density at radius 2 is 1.92 bits per heavy atom. The lowest BCUT2D eigenvalue weighted by Gasteiger charge is -2.10. The number of para-hydroxylation sites is 1. The molecular weight excluding hydrogens is 333 g/mol. The van der Waals surface area contributed by atoms with Gasteiger partial charge in [0, 0.05) is 23.4 Å². The number of ether oxygens (including phenoxy) is 1. The van der Waals surface area contributed by atoms with Crippen molar-refractivity contribution >= 4 is 23.1 Å². The van der Waals surface area contributed by atoms with Crippen molar-refractivity contribution < 1.29 is 9.13 Å². The van der Waals surface area contributed by atoms with Gasteiger partial charge in [0.15, 0.2) is 17.9 Å². The summed E-state index contributed by atoms with van der Waals surface area (Å²) in [5.74, 6) is 0.780. The fraction of sp³-hybridized carbons (Fsp3) is 0.158. The zero-order chi connectivity index (χ0) is 17.9. The molecule has 0 spiro atoms. The van der Waals surface area contributed by atoms with E-state index in [0.29, 0.717) is 5.95 Å². The molecule has 1 aliphatic rings. The number of benzene rings is 2. The second-order valence-electron chi connectivity index (χ2n) is 5.93. The molecule has 0 saturated carbocycles. The highest BCUT2D eigenvalue weighted by atomic mass is 19.1. The first-order valence-electron chi connectivity index (χ1n) is 8.30. The molecule has 1 atom stereocenters. The number of aromatic nitrogens is 2. The zero-order valence-corrected chi connectivity index (χ0v) is 14.2. The first-order valence-corrected chi connectivity index (χ1v) is 8.30. The summed E-state index contributed by atoms with van der Waals surface area (Å²) in [5.41, 5.74) is 2.67. The fourth-order valence-corrected chi connectivity index (χ4v) is 2.79. The molecule has 3 aromatic rings. The highest BCUT2D eigenvalue weighted by Gasteiger charge is 2.21. The van der Waals surface area contributed by atoms with Crippen LogP contribution in [0.1, 0.15) is 5.56 Å². The molecule has 4 rings (SSSR count). The van der Waals surface area contributed by atoms with E-state index >= 15 is 0 Å². The number of rotatable bonds is 5. The molecule has 7 heteroatoms. The van der Waals surface area contributed by atoms with Gasteiger partial charge in [0.2, 0.25) is 5.95 Å². The molecule has 0 fully saturated rings. The minimum Gasteiger partial charge on any atom is -0.475 e. The van der Waals surface area contributed by atoms with Gasteiger partial charge >= 0.3 is 0 Å². The maximum absolute atomic E-state index is 14.0. The van der Waals surface area contributed by atoms with Crippen LogP contribution in [0.5, 0.6) is 5.75 Å². The van der Waals surface area contributed by atoms with Crippen LogP contribution in [-0.2, 0) is 6.42 Å². The average molecular weight is 351 g/mol. The number of likely N-dealkylation sites (N-methyl/N-ethyl adjacent to an activating group) is 1. The normalized spacial score (nSPS) is 15.2. The quantitative estimate of drug-likeness (QED) is 0.653. The summed E-state index contributed by atoms with van der Waals surface area (Å²) in [6, 6.07) is 15.1. The molecule has 0 saturated heterocycles. The lowest BCUT2D eigenvalue weighted by Crippen LogP contribution is -2.28. The first kappa shape index (κ1) is 16.3. The molecule has 0 aliphatic carbocycles. The fourth-order valence-electron chi connectivity index (χ4n) is 2.79. The Kier molecular flexibility index (Phi) is 4.37. The van der Waals surface area contributed by atoms with E-state index in [9.17, 15) is 4.39 Å². The smallest absolute Gasteiger partial charge is 0.229 e. The Morgan fingerprint density at radius 1 is 1.08 bits per heavy atom. The molecular formula is C19H18FN5O. The number of nitrogens with zero attached hydrogens (tertiary/aromatic N) is 2. The zero-order valence-electron chi connectivity index (χ0n) is 14.2. The van der Waals surface area contributed by atoms with Crippen LogP contribution in [-0.4, -0.2) is 23.2 Å². The summed E-state index contributed by atoms with van der Waals surface area (Å²) in [5, 5.41) is 9.17. The first-order chi connectivity index (χ1) is 12.7. The maximum atomic E-state index is 14.0. The van der Waals surface area contributed by atoms with Crippen molar-refractivity contribution in [3.63, 3.8) is 0 Å². The second kappa shape index (κ2) is 6.97. The molecule has 26 heavy (non-hydrogen) atoms. The molecule has 1 aliphatic heterocycles. The third kappa shape index (κ3) is 3.43. The van der Waals surface area contributed by atoms with Crippen LogP contribution in [0.15, 0.2) is 54.7 Å². The molecule has 3 N–H and O–H groups in total. The van der Waals surface area contributed by atoms with Crippen molar-refractivity contribution in [2.45, 2.75) is 12.6 Å². The van der Waals surface area contributed by atoms with Crippen molar-refractivity contribution in [1.29, 1.82) is 0 Å². The van der Waals surface area contributed by atoms with E-state index in [1.54, 1.807) is 0 Å². The maximum Gasteiger partial charge on any atom is 0.229 e. The Bertz CT molecular complexity index is 919. The van der Waals surface area contributed by atoms with E-state index in [-0.39, 0.29) is 12.0 Å². The van der Waals surface area contributed by atoms with Gasteiger partial charge in [0.25, 0.3) is 0 Å². The van der Waals surface area contributed by atoms with Crippen LogP contribution < -0.4 is 20.7 Å². The van der Waals surface area contributed by atoms with Crippen molar-refractivity contribution in [3.8, 4) is 5.75 Å². The van der Waals surface area contributed by atoms with Gasteiger partial charge in [0.05, 0.1) is 6.20 Å². The van der Waals surface area contributed by atoms with Crippen molar-refractivity contribution in [2.75, 3.05) is 17.7 Å². The van der Waals surface area contributed by atoms with Crippen LogP contribution in [0.2, 0.25) is 0 Å². The molecule has 6 nitrogen and oxygen atoms in total. The van der Waals surface area contributed by atoms with Gasteiger partial charge in [0.1, 0.15) is 5.75 Å². The Labute approximate surface area is 150 Å². The summed E-state index contributed by atoms with van der Waals surface area (Å²) in [6.45, 7) is 0. The number of hydrogen-bond donors (Lipinski definition) is 3. The lowest BCUT2D eigenvalue weighted by atomic mass is 10.1. The topological polar surface area (TPSA) is 71.1 Å². The van der Waals surface area contributed by atoms with Crippen molar-refractivity contribution in [2.24, 2.45) is 0 Å². The number of hydrogen-bond acceptors (Lipinski definition) is 6.